The molecule has 0 fully saturated rings. The summed E-state index contributed by atoms with van der Waals surface area (Å²) in [7, 11) is -3.96. The summed E-state index contributed by atoms with van der Waals surface area (Å²) in [5.41, 5.74) is -4.45. The van der Waals surface area contributed by atoms with Gasteiger partial charge in [0.05, 0.1) is 4.90 Å². The molecule has 0 saturated heterocycles. The van der Waals surface area contributed by atoms with E-state index in [-0.39, 0.29) is 21.6 Å². The molecule has 0 aromatic heterocycles. The third-order valence-electron chi connectivity index (χ3n) is 1.37. The van der Waals surface area contributed by atoms with Crippen LogP contribution in [0.2, 0.25) is 0 Å². The van der Waals surface area contributed by atoms with Gasteiger partial charge >= 0.3 is 5.51 Å². The first-order valence-corrected chi connectivity index (χ1v) is 5.93. The van der Waals surface area contributed by atoms with Crippen molar-refractivity contribution in [2.45, 2.75) is 15.3 Å². The highest BCUT2D eigenvalue weighted by atomic mass is 32.2. The third kappa shape index (κ3) is 4.10. The predicted molar refractivity (Wildman–Crippen MR) is 49.7 cm³/mol. The van der Waals surface area contributed by atoms with Gasteiger partial charge in [-0.2, -0.15) is 13.2 Å². The first-order chi connectivity index (χ1) is 6.68. The Labute approximate surface area is 88.5 Å². The van der Waals surface area contributed by atoms with Crippen molar-refractivity contribution in [2.75, 3.05) is 0 Å². The molecule has 0 aliphatic heterocycles. The van der Waals surface area contributed by atoms with E-state index < -0.39 is 15.5 Å². The molecule has 1 aromatic carbocycles. The van der Waals surface area contributed by atoms with E-state index in [0.29, 0.717) is 0 Å². The molecule has 0 amide bonds. The minimum Gasteiger partial charge on any atom is -0.225 e. The Morgan fingerprint density at radius 3 is 2.33 bits per heavy atom. The molecule has 0 radical (unpaired) electrons. The summed E-state index contributed by atoms with van der Waals surface area (Å²) in [6.07, 6.45) is 0. The molecule has 0 atom stereocenters. The number of rotatable bonds is 2. The van der Waals surface area contributed by atoms with Gasteiger partial charge in [0.25, 0.3) is 0 Å². The Morgan fingerprint density at radius 1 is 1.27 bits per heavy atom. The lowest BCUT2D eigenvalue weighted by Crippen LogP contribution is -2.12. The Hall–Kier alpha value is -0.730. The molecule has 0 aliphatic rings. The second-order valence-electron chi connectivity index (χ2n) is 2.57. The first kappa shape index (κ1) is 12.3. The van der Waals surface area contributed by atoms with Crippen molar-refractivity contribution in [3.63, 3.8) is 0 Å². The summed E-state index contributed by atoms with van der Waals surface area (Å²) < 4.78 is 57.5. The Bertz CT molecular complexity index is 456. The zero-order chi connectivity index (χ0) is 11.7. The van der Waals surface area contributed by atoms with Crippen LogP contribution in [0, 0.1) is 0 Å². The van der Waals surface area contributed by atoms with Gasteiger partial charge in [-0.15, -0.1) is 0 Å². The molecule has 2 N–H and O–H groups in total. The number of primary sulfonamides is 1. The average molecular weight is 257 g/mol. The van der Waals surface area contributed by atoms with Gasteiger partial charge in [-0.25, -0.2) is 13.6 Å². The van der Waals surface area contributed by atoms with E-state index in [1.165, 1.54) is 6.07 Å². The lowest BCUT2D eigenvalue weighted by molar-refractivity contribution is -0.0328. The maximum Gasteiger partial charge on any atom is 0.446 e. The highest BCUT2D eigenvalue weighted by Crippen LogP contribution is 2.37. The summed E-state index contributed by atoms with van der Waals surface area (Å²) in [5.74, 6) is 0. The van der Waals surface area contributed by atoms with E-state index in [9.17, 15) is 21.6 Å². The van der Waals surface area contributed by atoms with Crippen LogP contribution in [0.1, 0.15) is 0 Å². The lowest BCUT2D eigenvalue weighted by Gasteiger charge is -2.06. The SMILES string of the molecule is NS(=O)(=O)c1cccc(SC(F)(F)F)c1. The summed E-state index contributed by atoms with van der Waals surface area (Å²) in [4.78, 5) is -0.550. The molecule has 0 aliphatic carbocycles. The number of halogens is 3. The molecule has 84 valence electrons. The van der Waals surface area contributed by atoms with E-state index in [4.69, 9.17) is 5.14 Å². The number of sulfonamides is 1. The van der Waals surface area contributed by atoms with Gasteiger partial charge < -0.3 is 0 Å². The van der Waals surface area contributed by atoms with Crippen LogP contribution in [0.4, 0.5) is 13.2 Å². The maximum atomic E-state index is 12.0. The largest absolute Gasteiger partial charge is 0.446 e. The van der Waals surface area contributed by atoms with Crippen molar-refractivity contribution in [1.29, 1.82) is 0 Å². The van der Waals surface area contributed by atoms with Gasteiger partial charge in [0.1, 0.15) is 0 Å². The van der Waals surface area contributed by atoms with Crippen molar-refractivity contribution in [3.05, 3.63) is 24.3 Å². The van der Waals surface area contributed by atoms with E-state index in [1.807, 2.05) is 0 Å². The first-order valence-electron chi connectivity index (χ1n) is 3.57. The van der Waals surface area contributed by atoms with Gasteiger partial charge in [-0.1, -0.05) is 6.07 Å². The van der Waals surface area contributed by atoms with Crippen LogP contribution in [0.3, 0.4) is 0 Å². The second kappa shape index (κ2) is 4.03. The van der Waals surface area contributed by atoms with Crippen molar-refractivity contribution in [2.24, 2.45) is 5.14 Å². The van der Waals surface area contributed by atoms with Gasteiger partial charge in [0.2, 0.25) is 10.0 Å². The summed E-state index contributed by atoms with van der Waals surface area (Å²) in [5, 5.41) is 4.77. The minimum atomic E-state index is -4.45. The molecular formula is C7H6F3NO2S2. The standard InChI is InChI=1S/C7H6F3NO2S2/c8-7(9,10)14-5-2-1-3-6(4-5)15(11,12)13/h1-4H,(H2,11,12,13). The van der Waals surface area contributed by atoms with Crippen LogP contribution in [-0.4, -0.2) is 13.9 Å². The molecule has 0 saturated carbocycles. The molecule has 8 heteroatoms. The van der Waals surface area contributed by atoms with Crippen LogP contribution in [0.15, 0.2) is 34.1 Å². The molecule has 3 nitrogen and oxygen atoms in total. The number of hydrogen-bond donors (Lipinski definition) is 1. The molecule has 0 bridgehead atoms. The fraction of sp³-hybridized carbons (Fsp3) is 0.143. The summed E-state index contributed by atoms with van der Waals surface area (Å²) in [6.45, 7) is 0. The predicted octanol–water partition coefficient (Wildman–Crippen LogP) is 1.95. The zero-order valence-corrected chi connectivity index (χ0v) is 8.79. The van der Waals surface area contributed by atoms with E-state index in [0.717, 1.165) is 18.2 Å². The number of benzene rings is 1. The summed E-state index contributed by atoms with van der Waals surface area (Å²) >= 11 is -0.389. The van der Waals surface area contributed by atoms with Gasteiger partial charge in [-0.05, 0) is 30.0 Å². The van der Waals surface area contributed by atoms with E-state index in [1.54, 1.807) is 0 Å². The maximum absolute atomic E-state index is 12.0. The molecule has 15 heavy (non-hydrogen) atoms. The van der Waals surface area contributed by atoms with Crippen LogP contribution in [-0.2, 0) is 10.0 Å². The van der Waals surface area contributed by atoms with E-state index in [2.05, 4.69) is 0 Å². The Kier molecular flexibility index (Phi) is 3.31. The number of nitrogens with two attached hydrogens (primary N) is 1. The number of thioether (sulfide) groups is 1. The summed E-state index contributed by atoms with van der Waals surface area (Å²) in [6, 6.07) is 4.38. The molecule has 0 heterocycles. The van der Waals surface area contributed by atoms with E-state index >= 15 is 0 Å². The smallest absolute Gasteiger partial charge is 0.225 e. The number of alkyl halides is 3. The monoisotopic (exact) mass is 257 g/mol. The normalized spacial score (nSPS) is 12.8. The highest BCUT2D eigenvalue weighted by Gasteiger charge is 2.29. The number of hydrogen-bond acceptors (Lipinski definition) is 3. The Balaban J connectivity index is 3.04. The zero-order valence-electron chi connectivity index (χ0n) is 7.15. The molecular weight excluding hydrogens is 251 g/mol. The molecule has 0 unspecified atom stereocenters. The van der Waals surface area contributed by atoms with Crippen molar-refractivity contribution in [1.82, 2.24) is 0 Å². The van der Waals surface area contributed by atoms with Crippen LogP contribution in [0.5, 0.6) is 0 Å². The van der Waals surface area contributed by atoms with Gasteiger partial charge in [-0.3, -0.25) is 0 Å². The average Bonchev–Trinajstić information content (AvgIpc) is 1.99. The Morgan fingerprint density at radius 2 is 1.87 bits per heavy atom. The van der Waals surface area contributed by atoms with Crippen molar-refractivity contribution >= 4 is 21.8 Å². The van der Waals surface area contributed by atoms with Crippen LogP contribution in [0.25, 0.3) is 0 Å². The topological polar surface area (TPSA) is 60.2 Å². The molecule has 0 spiro atoms. The highest BCUT2D eigenvalue weighted by molar-refractivity contribution is 8.00. The van der Waals surface area contributed by atoms with Crippen molar-refractivity contribution in [3.8, 4) is 0 Å². The van der Waals surface area contributed by atoms with Gasteiger partial charge in [0, 0.05) is 4.90 Å². The quantitative estimate of drug-likeness (QED) is 0.824. The van der Waals surface area contributed by atoms with Gasteiger partial charge in [0.15, 0.2) is 0 Å². The fourth-order valence-corrected chi connectivity index (χ4v) is 2.08. The minimum absolute atomic E-state index is 0.214. The third-order valence-corrected chi connectivity index (χ3v) is 3.00. The molecule has 1 aromatic rings. The molecule has 1 rings (SSSR count). The van der Waals surface area contributed by atoms with Crippen LogP contribution >= 0.6 is 11.8 Å². The van der Waals surface area contributed by atoms with Crippen LogP contribution < -0.4 is 5.14 Å². The lowest BCUT2D eigenvalue weighted by atomic mass is 10.4. The second-order valence-corrected chi connectivity index (χ2v) is 5.27. The van der Waals surface area contributed by atoms with Crippen molar-refractivity contribution < 1.29 is 21.6 Å². The fourth-order valence-electron chi connectivity index (χ4n) is 0.848.